The fourth-order valence-corrected chi connectivity index (χ4v) is 3.08. The van der Waals surface area contributed by atoms with Crippen LogP contribution in [0.4, 0.5) is 4.39 Å². The number of hydrogen-bond acceptors (Lipinski definition) is 1. The van der Waals surface area contributed by atoms with Gasteiger partial charge in [-0.1, -0.05) is 31.7 Å². The van der Waals surface area contributed by atoms with Crippen LogP contribution in [0.2, 0.25) is 0 Å². The van der Waals surface area contributed by atoms with Gasteiger partial charge in [0.05, 0.1) is 10.6 Å². The Labute approximate surface area is 110 Å². The zero-order chi connectivity index (χ0) is 12.3. The molecule has 2 rings (SSSR count). The molecular formula is C14H18BrFO. The molecule has 0 radical (unpaired) electrons. The summed E-state index contributed by atoms with van der Waals surface area (Å²) >= 11 is 3.17. The molecule has 1 fully saturated rings. The van der Waals surface area contributed by atoms with E-state index in [1.807, 2.05) is 0 Å². The smallest absolute Gasteiger partial charge is 0.137 e. The maximum Gasteiger partial charge on any atom is 0.137 e. The monoisotopic (exact) mass is 300 g/mol. The van der Waals surface area contributed by atoms with Crippen LogP contribution in [0.5, 0.6) is 0 Å². The molecule has 17 heavy (non-hydrogen) atoms. The van der Waals surface area contributed by atoms with Crippen molar-refractivity contribution in [3.63, 3.8) is 0 Å². The highest BCUT2D eigenvalue weighted by Crippen LogP contribution is 2.29. The van der Waals surface area contributed by atoms with Crippen molar-refractivity contribution in [2.24, 2.45) is 5.92 Å². The summed E-state index contributed by atoms with van der Waals surface area (Å²) in [6, 6.07) is 4.95. The average Bonchev–Trinajstić information content (AvgIpc) is 2.76. The highest BCUT2D eigenvalue weighted by molar-refractivity contribution is 9.10. The molecule has 1 aliphatic rings. The molecule has 0 heterocycles. The third-order valence-corrected chi connectivity index (χ3v) is 4.14. The fourth-order valence-electron chi connectivity index (χ4n) is 2.65. The first-order valence-electron chi connectivity index (χ1n) is 6.27. The van der Waals surface area contributed by atoms with Gasteiger partial charge in [-0.15, -0.1) is 0 Å². The van der Waals surface area contributed by atoms with E-state index in [4.69, 9.17) is 0 Å². The predicted molar refractivity (Wildman–Crippen MR) is 70.4 cm³/mol. The second kappa shape index (κ2) is 5.96. The molecule has 0 bridgehead atoms. The van der Waals surface area contributed by atoms with Gasteiger partial charge in [0.15, 0.2) is 0 Å². The first-order valence-corrected chi connectivity index (χ1v) is 7.06. The third-order valence-electron chi connectivity index (χ3n) is 3.54. The minimum atomic E-state index is -0.296. The van der Waals surface area contributed by atoms with E-state index in [9.17, 15) is 9.50 Å². The molecule has 0 aromatic heterocycles. The zero-order valence-corrected chi connectivity index (χ0v) is 11.4. The van der Waals surface area contributed by atoms with Crippen LogP contribution in [0, 0.1) is 11.7 Å². The summed E-state index contributed by atoms with van der Waals surface area (Å²) in [5, 5.41) is 10.0. The quantitative estimate of drug-likeness (QED) is 0.888. The molecule has 1 nitrogen and oxygen atoms in total. The van der Waals surface area contributed by atoms with Crippen molar-refractivity contribution >= 4 is 15.9 Å². The minimum absolute atomic E-state index is 0.251. The summed E-state index contributed by atoms with van der Waals surface area (Å²) in [6.45, 7) is 0. The van der Waals surface area contributed by atoms with Crippen molar-refractivity contribution < 1.29 is 9.50 Å². The van der Waals surface area contributed by atoms with E-state index in [-0.39, 0.29) is 11.9 Å². The van der Waals surface area contributed by atoms with Crippen molar-refractivity contribution in [1.29, 1.82) is 0 Å². The van der Waals surface area contributed by atoms with Crippen LogP contribution in [-0.4, -0.2) is 11.2 Å². The van der Waals surface area contributed by atoms with Gasteiger partial charge in [0.25, 0.3) is 0 Å². The number of benzene rings is 1. The van der Waals surface area contributed by atoms with E-state index in [1.165, 1.54) is 31.7 Å². The van der Waals surface area contributed by atoms with Crippen LogP contribution in [0.25, 0.3) is 0 Å². The SMILES string of the molecule is OC(Cc1ccc(F)c(Br)c1)CC1CCCC1. The van der Waals surface area contributed by atoms with E-state index in [2.05, 4.69) is 15.9 Å². The number of hydrogen-bond donors (Lipinski definition) is 1. The number of rotatable bonds is 4. The molecular weight excluding hydrogens is 283 g/mol. The van der Waals surface area contributed by atoms with Crippen LogP contribution >= 0.6 is 15.9 Å². The molecule has 1 aromatic rings. The molecule has 1 unspecified atom stereocenters. The number of aliphatic hydroxyl groups is 1. The first-order chi connectivity index (χ1) is 8.15. The Balaban J connectivity index is 1.88. The third kappa shape index (κ3) is 3.78. The maximum absolute atomic E-state index is 13.1. The van der Waals surface area contributed by atoms with Gasteiger partial charge in [-0.25, -0.2) is 4.39 Å². The van der Waals surface area contributed by atoms with E-state index < -0.39 is 0 Å². The summed E-state index contributed by atoms with van der Waals surface area (Å²) < 4.78 is 13.5. The molecule has 0 aliphatic heterocycles. The zero-order valence-electron chi connectivity index (χ0n) is 9.83. The normalized spacial score (nSPS) is 18.5. The lowest BCUT2D eigenvalue weighted by Gasteiger charge is -2.15. The average molecular weight is 301 g/mol. The Hall–Kier alpha value is -0.410. The second-order valence-electron chi connectivity index (χ2n) is 4.99. The molecule has 1 atom stereocenters. The Kier molecular flexibility index (Phi) is 4.57. The van der Waals surface area contributed by atoms with Gasteiger partial charge in [-0.05, 0) is 52.4 Å². The highest BCUT2D eigenvalue weighted by atomic mass is 79.9. The molecule has 1 saturated carbocycles. The second-order valence-corrected chi connectivity index (χ2v) is 5.85. The van der Waals surface area contributed by atoms with Crippen LogP contribution in [-0.2, 0) is 6.42 Å². The maximum atomic E-state index is 13.1. The molecule has 0 spiro atoms. The van der Waals surface area contributed by atoms with Crippen LogP contribution in [0.3, 0.4) is 0 Å². The van der Waals surface area contributed by atoms with Gasteiger partial charge in [-0.3, -0.25) is 0 Å². The topological polar surface area (TPSA) is 20.2 Å². The Morgan fingerprint density at radius 1 is 1.35 bits per heavy atom. The largest absolute Gasteiger partial charge is 0.393 e. The van der Waals surface area contributed by atoms with Gasteiger partial charge >= 0.3 is 0 Å². The van der Waals surface area contributed by atoms with Crippen molar-refractivity contribution in [2.45, 2.75) is 44.6 Å². The molecule has 0 amide bonds. The van der Waals surface area contributed by atoms with Gasteiger partial charge in [-0.2, -0.15) is 0 Å². The van der Waals surface area contributed by atoms with Crippen LogP contribution in [0.15, 0.2) is 22.7 Å². The lowest BCUT2D eigenvalue weighted by atomic mass is 9.96. The lowest BCUT2D eigenvalue weighted by molar-refractivity contribution is 0.143. The van der Waals surface area contributed by atoms with Crippen LogP contribution < -0.4 is 0 Å². The fraction of sp³-hybridized carbons (Fsp3) is 0.571. The van der Waals surface area contributed by atoms with Crippen LogP contribution in [0.1, 0.15) is 37.7 Å². The van der Waals surface area contributed by atoms with Gasteiger partial charge in [0, 0.05) is 0 Å². The minimum Gasteiger partial charge on any atom is -0.393 e. The van der Waals surface area contributed by atoms with Crippen molar-refractivity contribution in [3.05, 3.63) is 34.1 Å². The lowest BCUT2D eigenvalue weighted by Crippen LogP contribution is -2.14. The summed E-state index contributed by atoms with van der Waals surface area (Å²) in [5.41, 5.74) is 0.990. The summed E-state index contributed by atoms with van der Waals surface area (Å²) in [7, 11) is 0. The first kappa shape index (κ1) is 13.0. The van der Waals surface area contributed by atoms with Crippen molar-refractivity contribution in [3.8, 4) is 0 Å². The van der Waals surface area contributed by atoms with E-state index >= 15 is 0 Å². The summed E-state index contributed by atoms with van der Waals surface area (Å²) in [5.74, 6) is 0.438. The molecule has 1 aromatic carbocycles. The number of aliphatic hydroxyl groups excluding tert-OH is 1. The Morgan fingerprint density at radius 3 is 2.71 bits per heavy atom. The van der Waals surface area contributed by atoms with E-state index in [0.29, 0.717) is 16.8 Å². The molecule has 1 aliphatic carbocycles. The predicted octanol–water partition coefficient (Wildman–Crippen LogP) is 4.07. The summed E-state index contributed by atoms with van der Waals surface area (Å²) in [4.78, 5) is 0. The van der Waals surface area contributed by atoms with Crippen molar-refractivity contribution in [1.82, 2.24) is 0 Å². The standard InChI is InChI=1S/C14H18BrFO/c15-13-9-11(5-6-14(13)16)8-12(17)7-10-3-1-2-4-10/h5-6,9-10,12,17H,1-4,7-8H2. The van der Waals surface area contributed by atoms with Crippen molar-refractivity contribution in [2.75, 3.05) is 0 Å². The molecule has 3 heteroatoms. The Bertz CT molecular complexity index is 374. The Morgan fingerprint density at radius 2 is 2.06 bits per heavy atom. The van der Waals surface area contributed by atoms with Gasteiger partial charge in [0.1, 0.15) is 5.82 Å². The van der Waals surface area contributed by atoms with E-state index in [1.54, 1.807) is 12.1 Å². The molecule has 1 N–H and O–H groups in total. The van der Waals surface area contributed by atoms with Gasteiger partial charge < -0.3 is 5.11 Å². The van der Waals surface area contributed by atoms with Gasteiger partial charge in [0.2, 0.25) is 0 Å². The highest BCUT2D eigenvalue weighted by Gasteiger charge is 2.19. The molecule has 0 saturated heterocycles. The molecule has 94 valence electrons. The van der Waals surface area contributed by atoms with E-state index in [0.717, 1.165) is 12.0 Å². The number of halogens is 2. The summed E-state index contributed by atoms with van der Waals surface area (Å²) in [6.07, 6.45) is 6.33.